The second-order valence-corrected chi connectivity index (χ2v) is 8.27. The number of hydrogen-bond acceptors (Lipinski definition) is 3. The minimum absolute atomic E-state index is 0.246. The molecule has 1 unspecified atom stereocenters. The highest BCUT2D eigenvalue weighted by Gasteiger charge is 2.26. The van der Waals surface area contributed by atoms with Gasteiger partial charge >= 0.3 is 0 Å². The van der Waals surface area contributed by atoms with Crippen molar-refractivity contribution in [1.29, 1.82) is 0 Å². The Morgan fingerprint density at radius 2 is 1.67 bits per heavy atom. The predicted octanol–water partition coefficient (Wildman–Crippen LogP) is 6.10. The minimum atomic E-state index is -0.278. The quantitative estimate of drug-likeness (QED) is 0.274. The van der Waals surface area contributed by atoms with E-state index in [4.69, 9.17) is 49.0 Å². The zero-order valence-corrected chi connectivity index (χ0v) is 17.7. The van der Waals surface area contributed by atoms with Crippen LogP contribution in [0.2, 0.25) is 10.0 Å². The Morgan fingerprint density at radius 3 is 2.22 bits per heavy atom. The lowest BCUT2D eigenvalue weighted by atomic mass is 9.78. The van der Waals surface area contributed by atoms with Crippen LogP contribution >= 0.6 is 34.8 Å². The molecule has 3 nitrogen and oxygen atoms in total. The monoisotopic (exact) mass is 428 g/mol. The van der Waals surface area contributed by atoms with Crippen LogP contribution in [0.3, 0.4) is 0 Å². The summed E-state index contributed by atoms with van der Waals surface area (Å²) in [5.41, 5.74) is 1.88. The maximum atomic E-state index is 6.43. The summed E-state index contributed by atoms with van der Waals surface area (Å²) in [5, 5.41) is 1.01. The minimum Gasteiger partial charge on any atom is -0.491 e. The van der Waals surface area contributed by atoms with Gasteiger partial charge in [-0.1, -0.05) is 49.2 Å². The molecular formula is C21H23Cl3O3. The summed E-state index contributed by atoms with van der Waals surface area (Å²) in [6, 6.07) is 11.9. The summed E-state index contributed by atoms with van der Waals surface area (Å²) in [5.74, 6) is 1.88. The molecule has 1 saturated heterocycles. The molecule has 2 aromatic rings. The maximum absolute atomic E-state index is 6.43. The average Bonchev–Trinajstić information content (AvgIpc) is 3.47. The van der Waals surface area contributed by atoms with Crippen molar-refractivity contribution in [2.75, 3.05) is 25.7 Å². The number of benzene rings is 2. The Kier molecular flexibility index (Phi) is 6.80. The molecule has 0 aliphatic carbocycles. The standard InChI is InChI=1S/C21H23Cl3O3/c1-21(2,14-4-6-16(7-5-14)26-12-17-13-27-17)15-10-18(23)20(19(24)11-15)25-9-3-8-22/h4-7,10-11,17H,3,8-9,12-13H2,1-2H3. The van der Waals surface area contributed by atoms with Crippen LogP contribution in [-0.2, 0) is 10.2 Å². The van der Waals surface area contributed by atoms with E-state index in [1.807, 2.05) is 24.3 Å². The molecule has 0 spiro atoms. The number of ether oxygens (including phenoxy) is 3. The molecule has 3 rings (SSSR count). The van der Waals surface area contributed by atoms with E-state index in [1.165, 1.54) is 0 Å². The van der Waals surface area contributed by atoms with E-state index in [1.54, 1.807) is 0 Å². The second-order valence-electron chi connectivity index (χ2n) is 7.08. The number of epoxide rings is 1. The van der Waals surface area contributed by atoms with E-state index < -0.39 is 0 Å². The molecule has 1 fully saturated rings. The van der Waals surface area contributed by atoms with Crippen molar-refractivity contribution in [2.24, 2.45) is 0 Å². The van der Waals surface area contributed by atoms with Gasteiger partial charge in [0.25, 0.3) is 0 Å². The highest BCUT2D eigenvalue weighted by atomic mass is 35.5. The molecule has 0 saturated carbocycles. The molecule has 1 atom stereocenters. The molecule has 0 N–H and O–H groups in total. The van der Waals surface area contributed by atoms with Gasteiger partial charge in [0.2, 0.25) is 0 Å². The van der Waals surface area contributed by atoms with Crippen LogP contribution in [0.15, 0.2) is 36.4 Å². The third-order valence-electron chi connectivity index (χ3n) is 4.66. The highest BCUT2D eigenvalue weighted by molar-refractivity contribution is 6.37. The first kappa shape index (κ1) is 20.6. The number of alkyl halides is 1. The van der Waals surface area contributed by atoms with Crippen molar-refractivity contribution in [1.82, 2.24) is 0 Å². The van der Waals surface area contributed by atoms with Gasteiger partial charge in [0, 0.05) is 11.3 Å². The van der Waals surface area contributed by atoms with Crippen LogP contribution < -0.4 is 9.47 Å². The van der Waals surface area contributed by atoms with Gasteiger partial charge in [-0.3, -0.25) is 0 Å². The molecule has 6 heteroatoms. The molecule has 1 heterocycles. The Labute approximate surface area is 175 Å². The van der Waals surface area contributed by atoms with E-state index in [0.29, 0.717) is 34.9 Å². The Morgan fingerprint density at radius 1 is 1.04 bits per heavy atom. The van der Waals surface area contributed by atoms with Gasteiger partial charge in [-0.25, -0.2) is 0 Å². The summed E-state index contributed by atoms with van der Waals surface area (Å²) < 4.78 is 16.5. The number of rotatable bonds is 9. The SMILES string of the molecule is CC(C)(c1ccc(OCC2CO2)cc1)c1cc(Cl)c(OCCCCl)c(Cl)c1. The first-order valence-corrected chi connectivity index (χ1v) is 10.2. The summed E-state index contributed by atoms with van der Waals surface area (Å²) in [6.07, 6.45) is 0.985. The molecule has 0 amide bonds. The highest BCUT2D eigenvalue weighted by Crippen LogP contribution is 2.40. The molecule has 146 valence electrons. The molecule has 27 heavy (non-hydrogen) atoms. The van der Waals surface area contributed by atoms with Crippen LogP contribution in [0.5, 0.6) is 11.5 Å². The fourth-order valence-electron chi connectivity index (χ4n) is 2.78. The van der Waals surface area contributed by atoms with Gasteiger partial charge in [0.1, 0.15) is 18.5 Å². The van der Waals surface area contributed by atoms with E-state index >= 15 is 0 Å². The van der Waals surface area contributed by atoms with E-state index in [-0.39, 0.29) is 11.5 Å². The summed E-state index contributed by atoms with van der Waals surface area (Å²) in [4.78, 5) is 0. The Balaban J connectivity index is 1.76. The van der Waals surface area contributed by atoms with Crippen LogP contribution in [-0.4, -0.2) is 31.8 Å². The first-order chi connectivity index (χ1) is 12.9. The molecular weight excluding hydrogens is 407 g/mol. The van der Waals surface area contributed by atoms with Crippen LogP contribution in [0.4, 0.5) is 0 Å². The van der Waals surface area contributed by atoms with Crippen LogP contribution in [0.1, 0.15) is 31.4 Å². The van der Waals surface area contributed by atoms with E-state index in [0.717, 1.165) is 29.9 Å². The molecule has 2 aromatic carbocycles. The van der Waals surface area contributed by atoms with Gasteiger partial charge in [-0.15, -0.1) is 11.6 Å². The molecule has 0 radical (unpaired) electrons. The zero-order valence-electron chi connectivity index (χ0n) is 15.4. The fourth-order valence-corrected chi connectivity index (χ4v) is 3.48. The van der Waals surface area contributed by atoms with Crippen LogP contribution in [0.25, 0.3) is 0 Å². The molecule has 1 aliphatic rings. The summed E-state index contributed by atoms with van der Waals surface area (Å²) in [6.45, 7) is 6.14. The zero-order chi connectivity index (χ0) is 19.4. The normalized spacial score (nSPS) is 16.3. The van der Waals surface area contributed by atoms with Crippen molar-refractivity contribution < 1.29 is 14.2 Å². The smallest absolute Gasteiger partial charge is 0.156 e. The van der Waals surface area contributed by atoms with Crippen molar-refractivity contribution in [3.8, 4) is 11.5 Å². The van der Waals surface area contributed by atoms with Crippen molar-refractivity contribution in [3.63, 3.8) is 0 Å². The molecule has 1 aliphatic heterocycles. The molecule has 0 aromatic heterocycles. The Hall–Kier alpha value is -1.13. The lowest BCUT2D eigenvalue weighted by Crippen LogP contribution is -2.19. The maximum Gasteiger partial charge on any atom is 0.156 e. The van der Waals surface area contributed by atoms with Gasteiger partial charge in [-0.05, 0) is 41.8 Å². The predicted molar refractivity (Wildman–Crippen MR) is 111 cm³/mol. The average molecular weight is 430 g/mol. The van der Waals surface area contributed by atoms with Gasteiger partial charge < -0.3 is 14.2 Å². The van der Waals surface area contributed by atoms with Gasteiger partial charge in [0.15, 0.2) is 5.75 Å². The van der Waals surface area contributed by atoms with Crippen molar-refractivity contribution in [2.45, 2.75) is 31.8 Å². The fraction of sp³-hybridized carbons (Fsp3) is 0.429. The lowest BCUT2D eigenvalue weighted by Gasteiger charge is -2.27. The Bertz CT molecular complexity index is 748. The second kappa shape index (κ2) is 8.91. The first-order valence-electron chi connectivity index (χ1n) is 8.95. The van der Waals surface area contributed by atoms with Gasteiger partial charge in [-0.2, -0.15) is 0 Å². The summed E-state index contributed by atoms with van der Waals surface area (Å²) >= 11 is 18.6. The van der Waals surface area contributed by atoms with E-state index in [2.05, 4.69) is 26.0 Å². The largest absolute Gasteiger partial charge is 0.491 e. The van der Waals surface area contributed by atoms with Crippen molar-refractivity contribution >= 4 is 34.8 Å². The van der Waals surface area contributed by atoms with E-state index in [9.17, 15) is 0 Å². The van der Waals surface area contributed by atoms with Gasteiger partial charge in [0.05, 0.1) is 23.3 Å². The van der Waals surface area contributed by atoms with Crippen LogP contribution in [0, 0.1) is 0 Å². The van der Waals surface area contributed by atoms with Crippen molar-refractivity contribution in [3.05, 3.63) is 57.6 Å². The number of halogens is 3. The third kappa shape index (κ3) is 5.23. The third-order valence-corrected chi connectivity index (χ3v) is 5.49. The lowest BCUT2D eigenvalue weighted by molar-refractivity contribution is 0.263. The summed E-state index contributed by atoms with van der Waals surface area (Å²) in [7, 11) is 0. The number of hydrogen-bond donors (Lipinski definition) is 0. The molecule has 0 bridgehead atoms. The topological polar surface area (TPSA) is 31.0 Å².